The van der Waals surface area contributed by atoms with Gasteiger partial charge in [-0.25, -0.2) is 0 Å². The highest BCUT2D eigenvalue weighted by molar-refractivity contribution is 5.43. The van der Waals surface area contributed by atoms with E-state index in [0.717, 1.165) is 37.5 Å². The Bertz CT molecular complexity index is 371. The van der Waals surface area contributed by atoms with Crippen molar-refractivity contribution in [2.24, 2.45) is 5.92 Å². The molecule has 0 aromatic heterocycles. The summed E-state index contributed by atoms with van der Waals surface area (Å²) in [7, 11) is 0. The smallest absolute Gasteiger partial charge is 0.121 e. The second kappa shape index (κ2) is 6.61. The van der Waals surface area contributed by atoms with Crippen LogP contribution in [0.25, 0.3) is 0 Å². The Labute approximate surface area is 108 Å². The summed E-state index contributed by atoms with van der Waals surface area (Å²) in [6.07, 6.45) is 2.31. The van der Waals surface area contributed by atoms with Crippen LogP contribution in [0.1, 0.15) is 12.8 Å². The minimum Gasteiger partial charge on any atom is -0.492 e. The van der Waals surface area contributed by atoms with Gasteiger partial charge in [0.1, 0.15) is 12.4 Å². The van der Waals surface area contributed by atoms with Crippen LogP contribution in [-0.4, -0.2) is 42.9 Å². The summed E-state index contributed by atoms with van der Waals surface area (Å²) in [5.41, 5.74) is 6.42. The van der Waals surface area contributed by atoms with Crippen LogP contribution < -0.4 is 10.5 Å². The molecule has 0 bridgehead atoms. The van der Waals surface area contributed by atoms with E-state index in [9.17, 15) is 5.11 Å². The quantitative estimate of drug-likeness (QED) is 0.775. The van der Waals surface area contributed by atoms with Gasteiger partial charge in [0.25, 0.3) is 0 Å². The molecule has 3 N–H and O–H groups in total. The van der Waals surface area contributed by atoms with Crippen molar-refractivity contribution in [3.63, 3.8) is 0 Å². The number of anilines is 1. The van der Waals surface area contributed by atoms with E-state index < -0.39 is 0 Å². The monoisotopic (exact) mass is 250 g/mol. The molecular formula is C14H22N2O2. The normalized spacial score (nSPS) is 20.8. The number of nitrogens with zero attached hydrogens (tertiary/aromatic N) is 1. The fourth-order valence-corrected chi connectivity index (χ4v) is 2.40. The lowest BCUT2D eigenvalue weighted by atomic mass is 9.99. The second-order valence-electron chi connectivity index (χ2n) is 4.91. The van der Waals surface area contributed by atoms with Crippen molar-refractivity contribution >= 4 is 5.69 Å². The van der Waals surface area contributed by atoms with Gasteiger partial charge in [0, 0.05) is 31.5 Å². The van der Waals surface area contributed by atoms with Gasteiger partial charge >= 0.3 is 0 Å². The molecule has 1 saturated heterocycles. The molecule has 0 spiro atoms. The van der Waals surface area contributed by atoms with Crippen molar-refractivity contribution in [1.29, 1.82) is 0 Å². The molecule has 18 heavy (non-hydrogen) atoms. The molecule has 0 radical (unpaired) electrons. The molecule has 0 amide bonds. The lowest BCUT2D eigenvalue weighted by molar-refractivity contribution is 0.107. The number of nitrogens with two attached hydrogens (primary N) is 1. The zero-order valence-corrected chi connectivity index (χ0v) is 10.7. The zero-order chi connectivity index (χ0) is 12.8. The van der Waals surface area contributed by atoms with Gasteiger partial charge < -0.3 is 15.6 Å². The molecule has 0 aliphatic carbocycles. The highest BCUT2D eigenvalue weighted by Gasteiger charge is 2.18. The highest BCUT2D eigenvalue weighted by Crippen LogP contribution is 2.17. The number of benzene rings is 1. The van der Waals surface area contributed by atoms with E-state index in [-0.39, 0.29) is 0 Å². The number of nitrogen functional groups attached to an aromatic ring is 1. The van der Waals surface area contributed by atoms with Crippen molar-refractivity contribution in [1.82, 2.24) is 4.90 Å². The fraction of sp³-hybridized carbons (Fsp3) is 0.571. The Hall–Kier alpha value is -1.26. The minimum absolute atomic E-state index is 0.298. The lowest BCUT2D eigenvalue weighted by Crippen LogP contribution is -2.39. The van der Waals surface area contributed by atoms with Crippen molar-refractivity contribution in [2.75, 3.05) is 38.6 Å². The van der Waals surface area contributed by atoms with Gasteiger partial charge in [-0.2, -0.15) is 0 Å². The van der Waals surface area contributed by atoms with Gasteiger partial charge in [-0.05, 0) is 37.4 Å². The Morgan fingerprint density at radius 2 is 2.33 bits per heavy atom. The topological polar surface area (TPSA) is 58.7 Å². The van der Waals surface area contributed by atoms with Gasteiger partial charge in [0.2, 0.25) is 0 Å². The van der Waals surface area contributed by atoms with Gasteiger partial charge in [-0.15, -0.1) is 0 Å². The van der Waals surface area contributed by atoms with E-state index in [2.05, 4.69) is 4.90 Å². The van der Waals surface area contributed by atoms with Crippen LogP contribution in [0.2, 0.25) is 0 Å². The van der Waals surface area contributed by atoms with Gasteiger partial charge in [-0.1, -0.05) is 6.07 Å². The number of hydrogen-bond donors (Lipinski definition) is 2. The first-order valence-corrected chi connectivity index (χ1v) is 6.59. The maximum absolute atomic E-state index is 9.17. The number of piperidine rings is 1. The third-order valence-electron chi connectivity index (χ3n) is 3.40. The largest absolute Gasteiger partial charge is 0.492 e. The number of aliphatic hydroxyl groups is 1. The van der Waals surface area contributed by atoms with Crippen LogP contribution in [0.4, 0.5) is 5.69 Å². The molecule has 4 nitrogen and oxygen atoms in total. The van der Waals surface area contributed by atoms with Gasteiger partial charge in [0.05, 0.1) is 0 Å². The molecule has 1 unspecified atom stereocenters. The average Bonchev–Trinajstić information content (AvgIpc) is 2.39. The molecule has 1 aromatic rings. The predicted molar refractivity (Wildman–Crippen MR) is 72.6 cm³/mol. The SMILES string of the molecule is Nc1cccc(OCCN2CCCC(CO)C2)c1. The third-order valence-corrected chi connectivity index (χ3v) is 3.40. The molecule has 1 aliphatic rings. The van der Waals surface area contributed by atoms with E-state index in [0.29, 0.717) is 19.1 Å². The van der Waals surface area contributed by atoms with Crippen molar-refractivity contribution in [3.8, 4) is 5.75 Å². The lowest BCUT2D eigenvalue weighted by Gasteiger charge is -2.31. The fourth-order valence-electron chi connectivity index (χ4n) is 2.40. The summed E-state index contributed by atoms with van der Waals surface area (Å²) in [5.74, 6) is 1.26. The molecule has 0 saturated carbocycles. The summed E-state index contributed by atoms with van der Waals surface area (Å²) in [6, 6.07) is 7.51. The van der Waals surface area contributed by atoms with Gasteiger partial charge in [0.15, 0.2) is 0 Å². The summed E-state index contributed by atoms with van der Waals surface area (Å²) < 4.78 is 5.67. The Balaban J connectivity index is 1.72. The summed E-state index contributed by atoms with van der Waals surface area (Å²) in [6.45, 7) is 3.97. The molecule has 2 rings (SSSR count). The molecule has 1 aromatic carbocycles. The number of likely N-dealkylation sites (tertiary alicyclic amines) is 1. The molecule has 1 heterocycles. The number of aliphatic hydroxyl groups excluding tert-OH is 1. The van der Waals surface area contributed by atoms with Crippen LogP contribution >= 0.6 is 0 Å². The Morgan fingerprint density at radius 3 is 3.11 bits per heavy atom. The highest BCUT2D eigenvalue weighted by atomic mass is 16.5. The summed E-state index contributed by atoms with van der Waals surface area (Å²) in [4.78, 5) is 2.36. The van der Waals surface area contributed by atoms with E-state index >= 15 is 0 Å². The molecule has 100 valence electrons. The number of hydrogen-bond acceptors (Lipinski definition) is 4. The Kier molecular flexibility index (Phi) is 4.84. The standard InChI is InChI=1S/C14H22N2O2/c15-13-4-1-5-14(9-13)18-8-7-16-6-2-3-12(10-16)11-17/h1,4-5,9,12,17H,2-3,6-8,10-11,15H2. The molecule has 4 heteroatoms. The van der Waals surface area contributed by atoms with Crippen LogP contribution in [-0.2, 0) is 0 Å². The first-order chi connectivity index (χ1) is 8.78. The van der Waals surface area contributed by atoms with Crippen molar-refractivity contribution in [3.05, 3.63) is 24.3 Å². The van der Waals surface area contributed by atoms with E-state index in [4.69, 9.17) is 10.5 Å². The van der Waals surface area contributed by atoms with Crippen LogP contribution in [0.15, 0.2) is 24.3 Å². The zero-order valence-electron chi connectivity index (χ0n) is 10.7. The van der Waals surface area contributed by atoms with Crippen LogP contribution in [0, 0.1) is 5.92 Å². The van der Waals surface area contributed by atoms with Gasteiger partial charge in [-0.3, -0.25) is 4.90 Å². The molecular weight excluding hydrogens is 228 g/mol. The number of rotatable bonds is 5. The third kappa shape index (κ3) is 3.89. The van der Waals surface area contributed by atoms with Crippen molar-refractivity contribution < 1.29 is 9.84 Å². The maximum Gasteiger partial charge on any atom is 0.121 e. The molecule has 1 atom stereocenters. The molecule has 1 aliphatic heterocycles. The summed E-state index contributed by atoms with van der Waals surface area (Å²) >= 11 is 0. The maximum atomic E-state index is 9.17. The first-order valence-electron chi connectivity index (χ1n) is 6.59. The predicted octanol–water partition coefficient (Wildman–Crippen LogP) is 1.35. The van der Waals surface area contributed by atoms with E-state index in [1.54, 1.807) is 0 Å². The average molecular weight is 250 g/mol. The van der Waals surface area contributed by atoms with Crippen LogP contribution in [0.3, 0.4) is 0 Å². The van der Waals surface area contributed by atoms with E-state index in [1.165, 1.54) is 6.42 Å². The summed E-state index contributed by atoms with van der Waals surface area (Å²) in [5, 5.41) is 9.17. The minimum atomic E-state index is 0.298. The van der Waals surface area contributed by atoms with Crippen LogP contribution in [0.5, 0.6) is 5.75 Å². The number of ether oxygens (including phenoxy) is 1. The molecule has 1 fully saturated rings. The first kappa shape index (κ1) is 13.2. The van der Waals surface area contributed by atoms with E-state index in [1.807, 2.05) is 24.3 Å². The van der Waals surface area contributed by atoms with Crippen molar-refractivity contribution in [2.45, 2.75) is 12.8 Å². The Morgan fingerprint density at radius 1 is 1.44 bits per heavy atom. The second-order valence-corrected chi connectivity index (χ2v) is 4.91.